The van der Waals surface area contributed by atoms with E-state index in [0.29, 0.717) is 6.61 Å². The summed E-state index contributed by atoms with van der Waals surface area (Å²) in [5.74, 6) is -1.14. The Kier molecular flexibility index (Phi) is 17.1. The first-order valence-electron chi connectivity index (χ1n) is 10.7. The summed E-state index contributed by atoms with van der Waals surface area (Å²) in [5.41, 5.74) is 0. The van der Waals surface area contributed by atoms with Gasteiger partial charge in [-0.15, -0.1) is 0 Å². The minimum atomic E-state index is -2.27. The first-order chi connectivity index (χ1) is 13.7. The smallest absolute Gasteiger partial charge is 0.330 e. The highest BCUT2D eigenvalue weighted by molar-refractivity contribution is 7.40. The quantitative estimate of drug-likeness (QED) is 0.130. The Balaban J connectivity index is 3.76. The first kappa shape index (κ1) is 28.7. The number of hydrogen-bond acceptors (Lipinski definition) is 6. The van der Waals surface area contributed by atoms with Crippen LogP contribution >= 0.6 is 8.60 Å². The van der Waals surface area contributed by atoms with E-state index in [1.165, 1.54) is 25.7 Å². The Morgan fingerprint density at radius 2 is 1.48 bits per heavy atom. The van der Waals surface area contributed by atoms with Crippen molar-refractivity contribution < 1.29 is 38.2 Å². The van der Waals surface area contributed by atoms with Crippen molar-refractivity contribution in [2.24, 2.45) is 0 Å². The summed E-state index contributed by atoms with van der Waals surface area (Å²) < 4.78 is 16.1. The van der Waals surface area contributed by atoms with Crippen molar-refractivity contribution in [1.29, 1.82) is 0 Å². The van der Waals surface area contributed by atoms with Gasteiger partial charge in [-0.25, -0.2) is 0 Å². The number of ether oxygens (including phenoxy) is 1. The molecule has 0 aliphatic rings. The zero-order chi connectivity index (χ0) is 22.1. The molecule has 29 heavy (non-hydrogen) atoms. The number of likely N-dealkylation sites (N-methyl/N-ethyl adjacent to an activating group) is 1. The Morgan fingerprint density at radius 1 is 0.966 bits per heavy atom. The number of carboxylic acids is 1. The Labute approximate surface area is 177 Å². The second-order valence-corrected chi connectivity index (χ2v) is 9.21. The van der Waals surface area contributed by atoms with Crippen LogP contribution < -0.4 is 5.11 Å². The maximum absolute atomic E-state index is 12.3. The molecule has 0 amide bonds. The lowest BCUT2D eigenvalue weighted by Crippen LogP contribution is -2.60. The summed E-state index contributed by atoms with van der Waals surface area (Å²) in [7, 11) is 2.71. The lowest BCUT2D eigenvalue weighted by Gasteiger charge is -2.42. The van der Waals surface area contributed by atoms with Gasteiger partial charge in [0.1, 0.15) is 6.10 Å². The zero-order valence-electron chi connectivity index (χ0n) is 18.7. The second kappa shape index (κ2) is 17.4. The molecule has 0 fully saturated rings. The van der Waals surface area contributed by atoms with E-state index in [9.17, 15) is 14.8 Å². The summed E-state index contributed by atoms with van der Waals surface area (Å²) in [6, 6.07) is 0. The zero-order valence-corrected chi connectivity index (χ0v) is 19.6. The standard InChI is InChI=1S/C20H42NO7P/c1-5-6-7-8-11-14-26-15-12-9-10-13-16-27-29(25)28-18(17-19(22)23)20(24)21(2,3)4/h18,20,25H,5-17H2,1-4H3,(H,22,23). The molecular weight excluding hydrogens is 397 g/mol. The van der Waals surface area contributed by atoms with Crippen molar-refractivity contribution >= 4 is 14.6 Å². The number of quaternary nitrogens is 1. The van der Waals surface area contributed by atoms with E-state index < -0.39 is 33.3 Å². The number of nitrogens with zero attached hydrogens (tertiary/aromatic N) is 1. The van der Waals surface area contributed by atoms with Gasteiger partial charge in [-0.1, -0.05) is 45.4 Å². The number of hydrogen-bond donors (Lipinski definition) is 2. The molecule has 0 aromatic rings. The lowest BCUT2D eigenvalue weighted by molar-refractivity contribution is -0.973. The summed E-state index contributed by atoms with van der Waals surface area (Å²) in [5, 5.41) is 21.3. The molecule has 0 aromatic heterocycles. The molecule has 0 heterocycles. The minimum absolute atomic E-state index is 0.0120. The van der Waals surface area contributed by atoms with Gasteiger partial charge in [0.15, 0.2) is 0 Å². The highest BCUT2D eigenvalue weighted by Gasteiger charge is 2.29. The van der Waals surface area contributed by atoms with E-state index in [2.05, 4.69) is 6.92 Å². The van der Waals surface area contributed by atoms with Crippen LogP contribution in [-0.4, -0.2) is 73.7 Å². The van der Waals surface area contributed by atoms with E-state index in [0.717, 1.165) is 45.3 Å². The predicted molar refractivity (Wildman–Crippen MR) is 112 cm³/mol. The van der Waals surface area contributed by atoms with Gasteiger partial charge in [-0.3, -0.25) is 4.79 Å². The van der Waals surface area contributed by atoms with Crippen LogP contribution in [0.25, 0.3) is 0 Å². The van der Waals surface area contributed by atoms with Gasteiger partial charge in [0.05, 0.1) is 34.2 Å². The minimum Gasteiger partial charge on any atom is -0.804 e. The van der Waals surface area contributed by atoms with E-state index in [4.69, 9.17) is 18.9 Å². The highest BCUT2D eigenvalue weighted by atomic mass is 31.2. The lowest BCUT2D eigenvalue weighted by atomic mass is 10.2. The van der Waals surface area contributed by atoms with E-state index in [1.807, 2.05) is 0 Å². The van der Waals surface area contributed by atoms with Crippen molar-refractivity contribution in [1.82, 2.24) is 0 Å². The van der Waals surface area contributed by atoms with Crippen LogP contribution in [0.4, 0.5) is 0 Å². The predicted octanol–water partition coefficient (Wildman–Crippen LogP) is 3.02. The Hall–Kier alpha value is -0.340. The van der Waals surface area contributed by atoms with Gasteiger partial charge in [-0.2, -0.15) is 0 Å². The molecule has 0 bridgehead atoms. The number of rotatable bonds is 20. The van der Waals surface area contributed by atoms with Gasteiger partial charge < -0.3 is 33.4 Å². The molecule has 2 N–H and O–H groups in total. The molecule has 9 heteroatoms. The van der Waals surface area contributed by atoms with Crippen LogP contribution in [0.15, 0.2) is 0 Å². The summed E-state index contributed by atoms with van der Waals surface area (Å²) in [6.07, 6.45) is 7.01. The van der Waals surface area contributed by atoms with E-state index in [-0.39, 0.29) is 4.48 Å². The third-order valence-electron chi connectivity index (χ3n) is 4.46. The Bertz CT molecular complexity index is 407. The number of unbranched alkanes of at least 4 members (excludes halogenated alkanes) is 7. The number of carboxylic acid groups (broad SMARTS) is 1. The van der Waals surface area contributed by atoms with Crippen molar-refractivity contribution in [3.05, 3.63) is 0 Å². The summed E-state index contributed by atoms with van der Waals surface area (Å²) in [4.78, 5) is 20.8. The molecule has 0 saturated carbocycles. The first-order valence-corrected chi connectivity index (χ1v) is 11.9. The van der Waals surface area contributed by atoms with Gasteiger partial charge >= 0.3 is 14.6 Å². The van der Waals surface area contributed by atoms with Crippen LogP contribution in [0.2, 0.25) is 0 Å². The van der Waals surface area contributed by atoms with Crippen molar-refractivity contribution in [2.75, 3.05) is 41.0 Å². The monoisotopic (exact) mass is 439 g/mol. The fourth-order valence-electron chi connectivity index (χ4n) is 2.72. The fourth-order valence-corrected chi connectivity index (χ4v) is 3.48. The third-order valence-corrected chi connectivity index (χ3v) is 5.31. The maximum atomic E-state index is 12.3. The van der Waals surface area contributed by atoms with Crippen LogP contribution in [0, 0.1) is 0 Å². The summed E-state index contributed by atoms with van der Waals surface area (Å²) >= 11 is 0. The van der Waals surface area contributed by atoms with Gasteiger partial charge in [0.2, 0.25) is 0 Å². The van der Waals surface area contributed by atoms with Crippen LogP contribution in [0.1, 0.15) is 71.1 Å². The highest BCUT2D eigenvalue weighted by Crippen LogP contribution is 2.36. The molecule has 3 atom stereocenters. The van der Waals surface area contributed by atoms with Crippen LogP contribution in [-0.2, 0) is 18.6 Å². The molecular formula is C20H42NO7P. The third kappa shape index (κ3) is 17.1. The molecule has 8 nitrogen and oxygen atoms in total. The van der Waals surface area contributed by atoms with Gasteiger partial charge in [-0.05, 0) is 19.3 Å². The average molecular weight is 440 g/mol. The molecule has 0 aliphatic heterocycles. The fraction of sp³-hybridized carbons (Fsp3) is 0.950. The van der Waals surface area contributed by atoms with Gasteiger partial charge in [0, 0.05) is 19.4 Å². The van der Waals surface area contributed by atoms with Crippen molar-refractivity contribution in [2.45, 2.75) is 83.5 Å². The van der Waals surface area contributed by atoms with Crippen LogP contribution in [0.5, 0.6) is 0 Å². The molecule has 0 aromatic carbocycles. The molecule has 0 rings (SSSR count). The van der Waals surface area contributed by atoms with Crippen LogP contribution in [0.3, 0.4) is 0 Å². The molecule has 174 valence electrons. The van der Waals surface area contributed by atoms with Crippen molar-refractivity contribution in [3.63, 3.8) is 0 Å². The number of carbonyl (C=O) groups is 1. The van der Waals surface area contributed by atoms with Crippen molar-refractivity contribution in [3.8, 4) is 0 Å². The Morgan fingerprint density at radius 3 is 1.97 bits per heavy atom. The molecule has 0 radical (unpaired) electrons. The number of aliphatic carboxylic acids is 1. The molecule has 0 spiro atoms. The second-order valence-electron chi connectivity index (χ2n) is 8.26. The van der Waals surface area contributed by atoms with E-state index in [1.54, 1.807) is 21.1 Å². The topological polar surface area (TPSA) is 108 Å². The average Bonchev–Trinajstić information content (AvgIpc) is 2.63. The SMILES string of the molecule is CCCCCCCOCCCCCCOP(O)OC(CC(=O)O)C([O-])[N+](C)(C)C. The molecule has 0 saturated heterocycles. The van der Waals surface area contributed by atoms with E-state index >= 15 is 0 Å². The summed E-state index contributed by atoms with van der Waals surface area (Å²) in [6.45, 7) is 4.14. The molecule has 3 unspecified atom stereocenters. The molecule has 0 aliphatic carbocycles. The largest absolute Gasteiger partial charge is 0.804 e. The van der Waals surface area contributed by atoms with Gasteiger partial charge in [0.25, 0.3) is 0 Å². The normalized spacial score (nSPS) is 15.2. The maximum Gasteiger partial charge on any atom is 0.330 e.